The first-order chi connectivity index (χ1) is 9.49. The Morgan fingerprint density at radius 3 is 2.85 bits per heavy atom. The molecule has 2 N–H and O–H groups in total. The summed E-state index contributed by atoms with van der Waals surface area (Å²) in [6.07, 6.45) is 1.80. The number of benzene rings is 1. The van der Waals surface area contributed by atoms with Crippen molar-refractivity contribution in [2.24, 2.45) is 0 Å². The predicted molar refractivity (Wildman–Crippen MR) is 77.0 cm³/mol. The van der Waals surface area contributed by atoms with Crippen LogP contribution < -0.4 is 10.2 Å². The molecule has 20 heavy (non-hydrogen) atoms. The Kier molecular flexibility index (Phi) is 4.27. The zero-order valence-corrected chi connectivity index (χ0v) is 11.8. The molecule has 1 aliphatic heterocycles. The Morgan fingerprint density at radius 2 is 2.15 bits per heavy atom. The summed E-state index contributed by atoms with van der Waals surface area (Å²) in [5, 5.41) is 11.5. The molecule has 0 radical (unpaired) electrons. The average molecular weight is 276 g/mol. The van der Waals surface area contributed by atoms with Crippen LogP contribution in [0.4, 0.5) is 10.5 Å². The maximum atomic E-state index is 12.4. The fourth-order valence-electron chi connectivity index (χ4n) is 2.59. The quantitative estimate of drug-likeness (QED) is 0.890. The van der Waals surface area contributed by atoms with Gasteiger partial charge in [0, 0.05) is 17.8 Å². The number of nitrogens with zero attached hydrogens (tertiary/aromatic N) is 1. The predicted octanol–water partition coefficient (Wildman–Crippen LogP) is 2.40. The van der Waals surface area contributed by atoms with Crippen molar-refractivity contribution >= 4 is 17.7 Å². The first kappa shape index (κ1) is 14.4. The molecule has 1 aromatic rings. The monoisotopic (exact) mass is 276 g/mol. The van der Waals surface area contributed by atoms with Crippen molar-refractivity contribution < 1.29 is 14.7 Å². The lowest BCUT2D eigenvalue weighted by Crippen LogP contribution is -2.50. The van der Waals surface area contributed by atoms with E-state index in [1.807, 2.05) is 31.2 Å². The summed E-state index contributed by atoms with van der Waals surface area (Å²) in [4.78, 5) is 24.8. The van der Waals surface area contributed by atoms with E-state index in [4.69, 9.17) is 5.11 Å². The maximum Gasteiger partial charge on any atom is 0.322 e. The van der Waals surface area contributed by atoms with Crippen LogP contribution in [0.1, 0.15) is 32.3 Å². The molecule has 5 nitrogen and oxygen atoms in total. The first-order valence-electron chi connectivity index (χ1n) is 6.88. The van der Waals surface area contributed by atoms with E-state index in [0.717, 1.165) is 24.1 Å². The van der Waals surface area contributed by atoms with Crippen molar-refractivity contribution in [3.05, 3.63) is 29.8 Å². The standard InChI is InChI=1S/C15H20N2O3/c1-10(9-14(18)19)16-15(20)17-11(2)7-8-12-5-3-4-6-13(12)17/h3-6,10-11H,7-9H2,1-2H3,(H,16,20)(H,18,19). The van der Waals surface area contributed by atoms with E-state index in [1.165, 1.54) is 0 Å². The second-order valence-electron chi connectivity index (χ2n) is 5.33. The second-order valence-corrected chi connectivity index (χ2v) is 5.33. The minimum atomic E-state index is -0.912. The van der Waals surface area contributed by atoms with Gasteiger partial charge in [0.1, 0.15) is 0 Å². The van der Waals surface area contributed by atoms with Gasteiger partial charge >= 0.3 is 12.0 Å². The van der Waals surface area contributed by atoms with E-state index >= 15 is 0 Å². The minimum Gasteiger partial charge on any atom is -0.481 e. The number of para-hydroxylation sites is 1. The van der Waals surface area contributed by atoms with Gasteiger partial charge in [0.15, 0.2) is 0 Å². The highest BCUT2D eigenvalue weighted by Crippen LogP contribution is 2.30. The van der Waals surface area contributed by atoms with Crippen LogP contribution in [0.25, 0.3) is 0 Å². The van der Waals surface area contributed by atoms with Gasteiger partial charge in [-0.15, -0.1) is 0 Å². The molecule has 1 aliphatic rings. The van der Waals surface area contributed by atoms with E-state index in [9.17, 15) is 9.59 Å². The Hall–Kier alpha value is -2.04. The summed E-state index contributed by atoms with van der Waals surface area (Å²) >= 11 is 0. The van der Waals surface area contributed by atoms with Crippen molar-refractivity contribution in [1.29, 1.82) is 0 Å². The van der Waals surface area contributed by atoms with Gasteiger partial charge in [-0.05, 0) is 38.3 Å². The van der Waals surface area contributed by atoms with Gasteiger partial charge in [0.2, 0.25) is 0 Å². The highest BCUT2D eigenvalue weighted by molar-refractivity contribution is 5.94. The van der Waals surface area contributed by atoms with Gasteiger partial charge in [0.05, 0.1) is 6.42 Å². The lowest BCUT2D eigenvalue weighted by molar-refractivity contribution is -0.137. The number of urea groups is 1. The molecule has 2 amide bonds. The molecule has 2 rings (SSSR count). The number of amides is 2. The van der Waals surface area contributed by atoms with Gasteiger partial charge < -0.3 is 10.4 Å². The molecule has 2 unspecified atom stereocenters. The first-order valence-corrected chi connectivity index (χ1v) is 6.88. The summed E-state index contributed by atoms with van der Waals surface area (Å²) in [7, 11) is 0. The number of carbonyl (C=O) groups is 2. The largest absolute Gasteiger partial charge is 0.481 e. The van der Waals surface area contributed by atoms with Crippen LogP contribution in [0.5, 0.6) is 0 Å². The molecule has 1 heterocycles. The SMILES string of the molecule is CC(CC(=O)O)NC(=O)N1c2ccccc2CCC1C. The Labute approximate surface area is 118 Å². The zero-order valence-electron chi connectivity index (χ0n) is 11.8. The highest BCUT2D eigenvalue weighted by atomic mass is 16.4. The van der Waals surface area contributed by atoms with Crippen LogP contribution in [0.2, 0.25) is 0 Å². The zero-order chi connectivity index (χ0) is 14.7. The van der Waals surface area contributed by atoms with Crippen LogP contribution in [0.15, 0.2) is 24.3 Å². The molecule has 1 aromatic carbocycles. The molecule has 0 saturated heterocycles. The fraction of sp³-hybridized carbons (Fsp3) is 0.467. The number of rotatable bonds is 3. The third kappa shape index (κ3) is 3.10. The molecule has 0 aliphatic carbocycles. The summed E-state index contributed by atoms with van der Waals surface area (Å²) in [6, 6.07) is 7.35. The number of hydrogen-bond acceptors (Lipinski definition) is 2. The molecule has 0 bridgehead atoms. The number of hydrogen-bond donors (Lipinski definition) is 2. The van der Waals surface area contributed by atoms with Crippen LogP contribution in [0, 0.1) is 0 Å². The number of carboxylic acid groups (broad SMARTS) is 1. The number of aliphatic carboxylic acids is 1. The van der Waals surface area contributed by atoms with Crippen LogP contribution in [-0.2, 0) is 11.2 Å². The van der Waals surface area contributed by atoms with Gasteiger partial charge in [-0.3, -0.25) is 9.69 Å². The van der Waals surface area contributed by atoms with Crippen LogP contribution in [-0.4, -0.2) is 29.2 Å². The molecule has 2 atom stereocenters. The number of fused-ring (bicyclic) bond motifs is 1. The summed E-state index contributed by atoms with van der Waals surface area (Å²) in [6.45, 7) is 3.71. The second kappa shape index (κ2) is 5.94. The molecule has 0 fully saturated rings. The fourth-order valence-corrected chi connectivity index (χ4v) is 2.59. The average Bonchev–Trinajstić information content (AvgIpc) is 2.37. The molecular formula is C15H20N2O3. The number of aryl methyl sites for hydroxylation is 1. The number of anilines is 1. The minimum absolute atomic E-state index is 0.0738. The van der Waals surface area contributed by atoms with Gasteiger partial charge in [-0.25, -0.2) is 4.79 Å². The molecule has 0 aromatic heterocycles. The van der Waals surface area contributed by atoms with Crippen molar-refractivity contribution in [3.8, 4) is 0 Å². The normalized spacial score (nSPS) is 19.1. The third-order valence-electron chi connectivity index (χ3n) is 3.59. The van der Waals surface area contributed by atoms with Crippen LogP contribution in [0.3, 0.4) is 0 Å². The van der Waals surface area contributed by atoms with E-state index in [2.05, 4.69) is 5.32 Å². The van der Waals surface area contributed by atoms with Crippen molar-refractivity contribution in [1.82, 2.24) is 5.32 Å². The van der Waals surface area contributed by atoms with Crippen LogP contribution >= 0.6 is 0 Å². The van der Waals surface area contributed by atoms with E-state index in [1.54, 1.807) is 11.8 Å². The van der Waals surface area contributed by atoms with Gasteiger partial charge in [-0.1, -0.05) is 18.2 Å². The Bertz CT molecular complexity index is 516. The molecule has 5 heteroatoms. The Balaban J connectivity index is 2.14. The lowest BCUT2D eigenvalue weighted by atomic mass is 9.97. The molecular weight excluding hydrogens is 256 g/mol. The van der Waals surface area contributed by atoms with E-state index in [0.29, 0.717) is 0 Å². The highest BCUT2D eigenvalue weighted by Gasteiger charge is 2.28. The summed E-state index contributed by atoms with van der Waals surface area (Å²) in [5.41, 5.74) is 2.08. The third-order valence-corrected chi connectivity index (χ3v) is 3.59. The van der Waals surface area contributed by atoms with E-state index < -0.39 is 5.97 Å². The molecule has 0 saturated carbocycles. The van der Waals surface area contributed by atoms with Crippen molar-refractivity contribution in [3.63, 3.8) is 0 Å². The van der Waals surface area contributed by atoms with Gasteiger partial charge in [-0.2, -0.15) is 0 Å². The summed E-state index contributed by atoms with van der Waals surface area (Å²) in [5.74, 6) is -0.912. The smallest absolute Gasteiger partial charge is 0.322 e. The lowest BCUT2D eigenvalue weighted by Gasteiger charge is -2.35. The summed E-state index contributed by atoms with van der Waals surface area (Å²) < 4.78 is 0. The molecule has 108 valence electrons. The van der Waals surface area contributed by atoms with Gasteiger partial charge in [0.25, 0.3) is 0 Å². The van der Waals surface area contributed by atoms with Crippen molar-refractivity contribution in [2.45, 2.75) is 45.2 Å². The number of nitrogens with one attached hydrogen (secondary N) is 1. The topological polar surface area (TPSA) is 69.6 Å². The molecule has 0 spiro atoms. The maximum absolute atomic E-state index is 12.4. The number of carbonyl (C=O) groups excluding carboxylic acids is 1. The van der Waals surface area contributed by atoms with E-state index in [-0.39, 0.29) is 24.5 Å². The Morgan fingerprint density at radius 1 is 1.45 bits per heavy atom. The number of carboxylic acids is 1. The van der Waals surface area contributed by atoms with Crippen molar-refractivity contribution in [2.75, 3.05) is 4.90 Å².